The smallest absolute Gasteiger partial charge is 0.257 e. The summed E-state index contributed by atoms with van der Waals surface area (Å²) in [4.78, 5) is 19.1. The molecule has 0 aliphatic carbocycles. The summed E-state index contributed by atoms with van der Waals surface area (Å²) in [6, 6.07) is 11.1. The average Bonchev–Trinajstić information content (AvgIpc) is 3.20. The van der Waals surface area contributed by atoms with Crippen LogP contribution in [-0.4, -0.2) is 42.1 Å². The molecule has 0 bridgehead atoms. The molecule has 2 heterocycles. The molecule has 1 saturated heterocycles. The maximum absolute atomic E-state index is 13.4. The number of rotatable bonds is 5. The highest BCUT2D eigenvalue weighted by atomic mass is 32.1. The van der Waals surface area contributed by atoms with Crippen LogP contribution >= 0.6 is 11.3 Å². The molecule has 1 N–H and O–H groups in total. The lowest BCUT2D eigenvalue weighted by atomic mass is 10.1. The fraction of sp³-hybridized carbons (Fsp3) is 0.238. The van der Waals surface area contributed by atoms with Gasteiger partial charge in [0.1, 0.15) is 0 Å². The van der Waals surface area contributed by atoms with E-state index in [-0.39, 0.29) is 5.91 Å². The van der Waals surface area contributed by atoms with Crippen molar-refractivity contribution >= 4 is 22.4 Å². The second-order valence-electron chi connectivity index (χ2n) is 6.71. The van der Waals surface area contributed by atoms with Crippen molar-refractivity contribution in [3.8, 4) is 11.3 Å². The molecule has 1 amide bonds. The van der Waals surface area contributed by atoms with E-state index in [0.717, 1.165) is 50.5 Å². The summed E-state index contributed by atoms with van der Waals surface area (Å²) in [6.45, 7) is 4.15. The molecule has 1 aromatic heterocycles. The molecule has 8 heteroatoms. The fourth-order valence-electron chi connectivity index (χ4n) is 3.07. The highest BCUT2D eigenvalue weighted by Gasteiger charge is 2.13. The van der Waals surface area contributed by atoms with Crippen molar-refractivity contribution in [3.05, 3.63) is 70.6 Å². The highest BCUT2D eigenvalue weighted by Crippen LogP contribution is 2.26. The van der Waals surface area contributed by atoms with Gasteiger partial charge in [-0.05, 0) is 35.9 Å². The minimum Gasteiger partial charge on any atom is -0.379 e. The van der Waals surface area contributed by atoms with E-state index in [4.69, 9.17) is 4.74 Å². The second kappa shape index (κ2) is 8.77. The summed E-state index contributed by atoms with van der Waals surface area (Å²) < 4.78 is 31.8. The molecule has 29 heavy (non-hydrogen) atoms. The Morgan fingerprint density at radius 2 is 1.86 bits per heavy atom. The molecule has 0 atom stereocenters. The third-order valence-corrected chi connectivity index (χ3v) is 5.42. The van der Waals surface area contributed by atoms with Gasteiger partial charge in [-0.25, -0.2) is 13.8 Å². The molecule has 0 unspecified atom stereocenters. The summed E-state index contributed by atoms with van der Waals surface area (Å²) >= 11 is 1.23. The van der Waals surface area contributed by atoms with Crippen LogP contribution in [-0.2, 0) is 11.3 Å². The van der Waals surface area contributed by atoms with Gasteiger partial charge >= 0.3 is 0 Å². The van der Waals surface area contributed by atoms with E-state index in [1.807, 2.05) is 12.1 Å². The molecule has 3 aromatic rings. The van der Waals surface area contributed by atoms with Gasteiger partial charge in [-0.2, -0.15) is 0 Å². The Balaban J connectivity index is 1.39. The van der Waals surface area contributed by atoms with Gasteiger partial charge in [0.25, 0.3) is 5.91 Å². The number of aromatic nitrogens is 1. The van der Waals surface area contributed by atoms with E-state index >= 15 is 0 Å². The summed E-state index contributed by atoms with van der Waals surface area (Å²) in [5, 5.41) is 4.83. The maximum atomic E-state index is 13.4. The zero-order valence-electron chi connectivity index (χ0n) is 15.5. The number of halogens is 2. The Kier molecular flexibility index (Phi) is 5.94. The summed E-state index contributed by atoms with van der Waals surface area (Å²) in [5.41, 5.74) is 2.59. The number of amides is 1. The second-order valence-corrected chi connectivity index (χ2v) is 7.56. The lowest BCUT2D eigenvalue weighted by molar-refractivity contribution is 0.0342. The first-order chi connectivity index (χ1) is 14.1. The molecular formula is C21H19F2N3O2S. The Labute approximate surface area is 171 Å². The van der Waals surface area contributed by atoms with Gasteiger partial charge < -0.3 is 4.74 Å². The highest BCUT2D eigenvalue weighted by molar-refractivity contribution is 7.14. The van der Waals surface area contributed by atoms with E-state index < -0.39 is 11.6 Å². The normalized spacial score (nSPS) is 14.7. The molecule has 0 saturated carbocycles. The number of nitrogens with one attached hydrogen (secondary N) is 1. The lowest BCUT2D eigenvalue weighted by Crippen LogP contribution is -2.35. The van der Waals surface area contributed by atoms with Crippen LogP contribution in [0.2, 0.25) is 0 Å². The number of nitrogens with zero attached hydrogens (tertiary/aromatic N) is 2. The minimum absolute atomic E-state index is 0.269. The van der Waals surface area contributed by atoms with Crippen molar-refractivity contribution in [2.24, 2.45) is 0 Å². The first kappa shape index (κ1) is 19.6. The fourth-order valence-corrected chi connectivity index (χ4v) is 3.78. The van der Waals surface area contributed by atoms with Crippen LogP contribution < -0.4 is 5.32 Å². The predicted octanol–water partition coefficient (Wildman–Crippen LogP) is 4.17. The van der Waals surface area contributed by atoms with Gasteiger partial charge in [-0.1, -0.05) is 12.1 Å². The van der Waals surface area contributed by atoms with Crippen LogP contribution in [0, 0.1) is 11.6 Å². The molecule has 1 fully saturated rings. The Morgan fingerprint density at radius 3 is 2.59 bits per heavy atom. The Morgan fingerprint density at radius 1 is 1.10 bits per heavy atom. The van der Waals surface area contributed by atoms with Crippen molar-refractivity contribution in [2.45, 2.75) is 6.54 Å². The zero-order valence-corrected chi connectivity index (χ0v) is 16.3. The SMILES string of the molecule is O=C(Nc1nc(-c2ccc(F)c(F)c2)cs1)c1ccc(CN2CCOCC2)cc1. The molecule has 0 spiro atoms. The number of carbonyl (C=O) groups is 1. The van der Waals surface area contributed by atoms with Crippen LogP contribution in [0.25, 0.3) is 11.3 Å². The van der Waals surface area contributed by atoms with Crippen LogP contribution in [0.5, 0.6) is 0 Å². The van der Waals surface area contributed by atoms with E-state index in [1.165, 1.54) is 17.4 Å². The van der Waals surface area contributed by atoms with Crippen molar-refractivity contribution in [3.63, 3.8) is 0 Å². The average molecular weight is 415 g/mol. The lowest BCUT2D eigenvalue weighted by Gasteiger charge is -2.26. The van der Waals surface area contributed by atoms with E-state index in [9.17, 15) is 13.6 Å². The summed E-state index contributed by atoms with van der Waals surface area (Å²) in [6.07, 6.45) is 0. The first-order valence-electron chi connectivity index (χ1n) is 9.20. The molecule has 5 nitrogen and oxygen atoms in total. The molecule has 1 aliphatic heterocycles. The van der Waals surface area contributed by atoms with Crippen molar-refractivity contribution < 1.29 is 18.3 Å². The molecule has 1 aliphatic rings. The first-order valence-corrected chi connectivity index (χ1v) is 10.1. The Bertz CT molecular complexity index is 1000. The van der Waals surface area contributed by atoms with Gasteiger partial charge in [-0.15, -0.1) is 11.3 Å². The minimum atomic E-state index is -0.932. The topological polar surface area (TPSA) is 54.5 Å². The maximum Gasteiger partial charge on any atom is 0.257 e. The number of ether oxygens (including phenoxy) is 1. The Hall–Kier alpha value is -2.68. The van der Waals surface area contributed by atoms with E-state index in [1.54, 1.807) is 17.5 Å². The number of benzene rings is 2. The number of hydrogen-bond donors (Lipinski definition) is 1. The van der Waals surface area contributed by atoms with Gasteiger partial charge in [0.15, 0.2) is 16.8 Å². The third kappa shape index (κ3) is 4.84. The number of hydrogen-bond acceptors (Lipinski definition) is 5. The van der Waals surface area contributed by atoms with Crippen LogP contribution in [0.15, 0.2) is 47.8 Å². The summed E-state index contributed by atoms with van der Waals surface area (Å²) in [5.74, 6) is -2.11. The molecule has 4 rings (SSSR count). The monoisotopic (exact) mass is 415 g/mol. The van der Waals surface area contributed by atoms with Crippen LogP contribution in [0.3, 0.4) is 0 Å². The zero-order chi connectivity index (χ0) is 20.2. The molecule has 2 aromatic carbocycles. The molecule has 0 radical (unpaired) electrons. The van der Waals surface area contributed by atoms with Crippen LogP contribution in [0.1, 0.15) is 15.9 Å². The standard InChI is InChI=1S/C21H19F2N3O2S/c22-17-6-5-16(11-18(17)23)19-13-29-21(24-19)25-20(27)15-3-1-14(2-4-15)12-26-7-9-28-10-8-26/h1-6,11,13H,7-10,12H2,(H,24,25,27). The van der Waals surface area contributed by atoms with Crippen molar-refractivity contribution in [1.29, 1.82) is 0 Å². The molecular weight excluding hydrogens is 396 g/mol. The van der Waals surface area contributed by atoms with Gasteiger partial charge in [0.05, 0.1) is 18.9 Å². The number of thiazole rings is 1. The number of anilines is 1. The molecule has 150 valence electrons. The number of morpholine rings is 1. The predicted molar refractivity (Wildman–Crippen MR) is 108 cm³/mol. The van der Waals surface area contributed by atoms with Crippen molar-refractivity contribution in [1.82, 2.24) is 9.88 Å². The van der Waals surface area contributed by atoms with Gasteiger partial charge in [-0.3, -0.25) is 15.0 Å². The van der Waals surface area contributed by atoms with Crippen LogP contribution in [0.4, 0.5) is 13.9 Å². The quantitative estimate of drug-likeness (QED) is 0.680. The van der Waals surface area contributed by atoms with Crippen molar-refractivity contribution in [2.75, 3.05) is 31.6 Å². The van der Waals surface area contributed by atoms with Gasteiger partial charge in [0, 0.05) is 36.1 Å². The largest absolute Gasteiger partial charge is 0.379 e. The third-order valence-electron chi connectivity index (χ3n) is 4.67. The van der Waals surface area contributed by atoms with Gasteiger partial charge in [0.2, 0.25) is 0 Å². The van der Waals surface area contributed by atoms with E-state index in [0.29, 0.717) is 22.0 Å². The number of carbonyl (C=O) groups excluding carboxylic acids is 1. The summed E-state index contributed by atoms with van der Waals surface area (Å²) in [7, 11) is 0. The van der Waals surface area contributed by atoms with E-state index in [2.05, 4.69) is 15.2 Å².